The van der Waals surface area contributed by atoms with Crippen molar-refractivity contribution in [2.45, 2.75) is 65.6 Å². The van der Waals surface area contributed by atoms with Crippen LogP contribution in [0, 0.1) is 0 Å². The Morgan fingerprint density at radius 2 is 2.09 bits per heavy atom. The Labute approximate surface area is 139 Å². The second-order valence-electron chi connectivity index (χ2n) is 6.74. The zero-order valence-electron chi connectivity index (χ0n) is 15.0. The maximum atomic E-state index is 12.4. The van der Waals surface area contributed by atoms with E-state index in [1.807, 2.05) is 32.0 Å². The molecule has 1 heterocycles. The van der Waals surface area contributed by atoms with Crippen molar-refractivity contribution >= 4 is 5.97 Å². The number of fused-ring (bicyclic) bond motifs is 1. The van der Waals surface area contributed by atoms with E-state index in [9.17, 15) is 4.79 Å². The van der Waals surface area contributed by atoms with Gasteiger partial charge in [0, 0.05) is 17.6 Å². The van der Waals surface area contributed by atoms with E-state index in [1.165, 1.54) is 0 Å². The molecule has 0 spiro atoms. The largest absolute Gasteiger partial charge is 0.492 e. The fourth-order valence-corrected chi connectivity index (χ4v) is 3.19. The highest BCUT2D eigenvalue weighted by Gasteiger charge is 2.30. The quantitative estimate of drug-likeness (QED) is 0.750. The van der Waals surface area contributed by atoms with Crippen molar-refractivity contribution in [1.29, 1.82) is 0 Å². The van der Waals surface area contributed by atoms with Crippen LogP contribution in [0.5, 0.6) is 5.75 Å². The van der Waals surface area contributed by atoms with Gasteiger partial charge in [0.1, 0.15) is 12.4 Å². The number of hydrogen-bond donors (Lipinski definition) is 0. The summed E-state index contributed by atoms with van der Waals surface area (Å²) in [6.07, 6.45) is 1.82. The van der Waals surface area contributed by atoms with E-state index < -0.39 is 0 Å². The summed E-state index contributed by atoms with van der Waals surface area (Å²) in [5.41, 5.74) is 1.62. The molecule has 4 heteroatoms. The van der Waals surface area contributed by atoms with Crippen LogP contribution in [0.2, 0.25) is 0 Å². The zero-order valence-corrected chi connectivity index (χ0v) is 15.0. The Morgan fingerprint density at radius 1 is 1.35 bits per heavy atom. The van der Waals surface area contributed by atoms with Gasteiger partial charge in [0.25, 0.3) is 0 Å². The van der Waals surface area contributed by atoms with Crippen molar-refractivity contribution in [1.82, 2.24) is 4.90 Å². The predicted molar refractivity (Wildman–Crippen MR) is 92.1 cm³/mol. The van der Waals surface area contributed by atoms with Crippen LogP contribution in [0.4, 0.5) is 0 Å². The lowest BCUT2D eigenvalue weighted by atomic mass is 9.95. The minimum Gasteiger partial charge on any atom is -0.492 e. The summed E-state index contributed by atoms with van der Waals surface area (Å²) in [7, 11) is 0. The fraction of sp³-hybridized carbons (Fsp3) is 0.632. The third kappa shape index (κ3) is 4.25. The first-order valence-corrected chi connectivity index (χ1v) is 8.65. The van der Waals surface area contributed by atoms with E-state index in [0.717, 1.165) is 30.7 Å². The Bertz CT molecular complexity index is 539. The van der Waals surface area contributed by atoms with Crippen molar-refractivity contribution in [2.75, 3.05) is 13.2 Å². The van der Waals surface area contributed by atoms with Gasteiger partial charge in [-0.3, -0.25) is 4.90 Å². The number of hydrogen-bond acceptors (Lipinski definition) is 4. The topological polar surface area (TPSA) is 38.8 Å². The number of ether oxygens (including phenoxy) is 2. The summed E-state index contributed by atoms with van der Waals surface area (Å²) in [6.45, 7) is 12.1. The van der Waals surface area contributed by atoms with Crippen molar-refractivity contribution in [3.8, 4) is 5.75 Å². The van der Waals surface area contributed by atoms with Crippen molar-refractivity contribution in [3.63, 3.8) is 0 Å². The minimum absolute atomic E-state index is 0.120. The summed E-state index contributed by atoms with van der Waals surface area (Å²) < 4.78 is 11.3. The van der Waals surface area contributed by atoms with Gasteiger partial charge in [0.15, 0.2) is 0 Å². The number of rotatable bonds is 6. The van der Waals surface area contributed by atoms with Gasteiger partial charge in [-0.2, -0.15) is 0 Å². The smallest absolute Gasteiger partial charge is 0.338 e. The van der Waals surface area contributed by atoms with Gasteiger partial charge >= 0.3 is 5.97 Å². The number of carbonyl (C=O) groups is 1. The Morgan fingerprint density at radius 3 is 2.70 bits per heavy atom. The molecule has 1 aliphatic rings. The maximum Gasteiger partial charge on any atom is 0.338 e. The second-order valence-corrected chi connectivity index (χ2v) is 6.74. The zero-order chi connectivity index (χ0) is 17.0. The molecule has 4 nitrogen and oxygen atoms in total. The highest BCUT2D eigenvalue weighted by Crippen LogP contribution is 2.30. The molecule has 0 N–H and O–H groups in total. The molecule has 0 aromatic heterocycles. The molecule has 0 fully saturated rings. The number of nitrogens with zero attached hydrogens (tertiary/aromatic N) is 1. The normalized spacial score (nSPS) is 17.3. The van der Waals surface area contributed by atoms with Crippen LogP contribution in [0.1, 0.15) is 57.0 Å². The third-order valence-corrected chi connectivity index (χ3v) is 4.18. The molecule has 0 saturated heterocycles. The van der Waals surface area contributed by atoms with Gasteiger partial charge in [0.05, 0.1) is 11.7 Å². The maximum absolute atomic E-state index is 12.4. The molecule has 0 saturated carbocycles. The average Bonchev–Trinajstić information content (AvgIpc) is 2.50. The molecule has 128 valence electrons. The van der Waals surface area contributed by atoms with Crippen molar-refractivity contribution in [3.05, 3.63) is 29.3 Å². The molecule has 2 rings (SSSR count). The van der Waals surface area contributed by atoms with E-state index in [-0.39, 0.29) is 12.1 Å². The Balaban J connectivity index is 2.26. The summed E-state index contributed by atoms with van der Waals surface area (Å²) in [5, 5.41) is 0. The van der Waals surface area contributed by atoms with Crippen LogP contribution in [0.3, 0.4) is 0 Å². The van der Waals surface area contributed by atoms with E-state index >= 15 is 0 Å². The van der Waals surface area contributed by atoms with Crippen LogP contribution in [-0.4, -0.2) is 42.2 Å². The monoisotopic (exact) mass is 319 g/mol. The molecule has 1 aromatic rings. The van der Waals surface area contributed by atoms with Gasteiger partial charge in [-0.1, -0.05) is 13.0 Å². The third-order valence-electron chi connectivity index (χ3n) is 4.18. The van der Waals surface area contributed by atoms with Crippen LogP contribution in [0.15, 0.2) is 18.2 Å². The molecule has 0 bridgehead atoms. The lowest BCUT2D eigenvalue weighted by molar-refractivity contribution is 0.0371. The summed E-state index contributed by atoms with van der Waals surface area (Å²) in [6, 6.07) is 6.41. The first kappa shape index (κ1) is 17.8. The predicted octanol–water partition coefficient (Wildman–Crippen LogP) is 3.68. The lowest BCUT2D eigenvalue weighted by Gasteiger charge is -2.38. The molecule has 1 aromatic carbocycles. The van der Waals surface area contributed by atoms with E-state index in [2.05, 4.69) is 25.7 Å². The van der Waals surface area contributed by atoms with E-state index in [1.54, 1.807) is 0 Å². The SMILES string of the molecule is CCCN(C(C)C)C1COc2cccc(C(=O)OC(C)C)c2C1. The molecule has 1 aliphatic heterocycles. The van der Waals surface area contributed by atoms with Crippen LogP contribution < -0.4 is 4.74 Å². The first-order chi connectivity index (χ1) is 10.9. The molecule has 1 atom stereocenters. The van der Waals surface area contributed by atoms with Gasteiger partial charge in [-0.05, 0) is 59.2 Å². The highest BCUT2D eigenvalue weighted by atomic mass is 16.5. The first-order valence-electron chi connectivity index (χ1n) is 8.65. The molecule has 0 aliphatic carbocycles. The number of esters is 1. The summed E-state index contributed by atoms with van der Waals surface area (Å²) in [4.78, 5) is 14.8. The number of carbonyl (C=O) groups excluding carboxylic acids is 1. The minimum atomic E-state index is -0.257. The van der Waals surface area contributed by atoms with Crippen molar-refractivity contribution < 1.29 is 14.3 Å². The second kappa shape index (κ2) is 7.82. The lowest BCUT2D eigenvalue weighted by Crippen LogP contribution is -2.47. The summed E-state index contributed by atoms with van der Waals surface area (Å²) >= 11 is 0. The van der Waals surface area contributed by atoms with E-state index in [4.69, 9.17) is 9.47 Å². The fourth-order valence-electron chi connectivity index (χ4n) is 3.19. The molecule has 0 radical (unpaired) electrons. The summed E-state index contributed by atoms with van der Waals surface area (Å²) in [5.74, 6) is 0.562. The van der Waals surface area contributed by atoms with Gasteiger partial charge in [-0.15, -0.1) is 0 Å². The number of benzene rings is 1. The molecule has 1 unspecified atom stereocenters. The molecule has 23 heavy (non-hydrogen) atoms. The standard InChI is InChI=1S/C19H29NO3/c1-6-10-20(13(2)3)15-11-17-16(19(21)23-14(4)5)8-7-9-18(17)22-12-15/h7-9,13-15H,6,10-12H2,1-5H3. The van der Waals surface area contributed by atoms with Gasteiger partial charge in [-0.25, -0.2) is 4.79 Å². The average molecular weight is 319 g/mol. The molecular formula is C19H29NO3. The van der Waals surface area contributed by atoms with E-state index in [0.29, 0.717) is 24.3 Å². The van der Waals surface area contributed by atoms with Crippen LogP contribution in [0.25, 0.3) is 0 Å². The molecular weight excluding hydrogens is 290 g/mol. The van der Waals surface area contributed by atoms with Gasteiger partial charge in [0.2, 0.25) is 0 Å². The Hall–Kier alpha value is -1.55. The van der Waals surface area contributed by atoms with Crippen molar-refractivity contribution in [2.24, 2.45) is 0 Å². The molecule has 0 amide bonds. The Kier molecular flexibility index (Phi) is 6.05. The highest BCUT2D eigenvalue weighted by molar-refractivity contribution is 5.92. The van der Waals surface area contributed by atoms with Crippen LogP contribution in [-0.2, 0) is 11.2 Å². The van der Waals surface area contributed by atoms with Crippen LogP contribution >= 0.6 is 0 Å². The van der Waals surface area contributed by atoms with Gasteiger partial charge < -0.3 is 9.47 Å².